The van der Waals surface area contributed by atoms with E-state index >= 15 is 0 Å². The molecule has 1 rings (SSSR count). The van der Waals surface area contributed by atoms with Gasteiger partial charge >= 0.3 is 0 Å². The molecule has 0 heterocycles. The molecule has 0 aliphatic rings. The first kappa shape index (κ1) is 11.0. The third-order valence-corrected chi connectivity index (χ3v) is 2.05. The van der Waals surface area contributed by atoms with E-state index in [1.54, 1.807) is 19.1 Å². The topological polar surface area (TPSA) is 29.1 Å². The van der Waals surface area contributed by atoms with Crippen LogP contribution in [0, 0.1) is 12.7 Å². The number of carbonyl (C=O) groups is 1. The maximum atomic E-state index is 13.2. The maximum absolute atomic E-state index is 13.2. The molecule has 0 radical (unpaired) electrons. The smallest absolute Gasteiger partial charge is 0.225 e. The SMILES string of the molecule is Cc1cccc(F)c1NC(=O)CCS. The lowest BCUT2D eigenvalue weighted by atomic mass is 10.2. The summed E-state index contributed by atoms with van der Waals surface area (Å²) in [5.74, 6) is -0.162. The van der Waals surface area contributed by atoms with Crippen LogP contribution in [0.1, 0.15) is 12.0 Å². The van der Waals surface area contributed by atoms with E-state index in [1.807, 2.05) is 0 Å². The van der Waals surface area contributed by atoms with E-state index in [0.717, 1.165) is 5.56 Å². The Morgan fingerprint density at radius 2 is 2.29 bits per heavy atom. The van der Waals surface area contributed by atoms with Crippen LogP contribution in [0.2, 0.25) is 0 Å². The third-order valence-electron chi connectivity index (χ3n) is 1.83. The van der Waals surface area contributed by atoms with E-state index < -0.39 is 5.82 Å². The second-order valence-corrected chi connectivity index (χ2v) is 3.40. The van der Waals surface area contributed by atoms with Gasteiger partial charge in [0.1, 0.15) is 5.82 Å². The third kappa shape index (κ3) is 2.73. The molecule has 4 heteroatoms. The highest BCUT2D eigenvalue weighted by Gasteiger charge is 2.07. The number of thiol groups is 1. The predicted octanol–water partition coefficient (Wildman–Crippen LogP) is 2.39. The van der Waals surface area contributed by atoms with Crippen molar-refractivity contribution in [1.29, 1.82) is 0 Å². The van der Waals surface area contributed by atoms with Crippen molar-refractivity contribution in [1.82, 2.24) is 0 Å². The Labute approximate surface area is 87.9 Å². The highest BCUT2D eigenvalue weighted by Crippen LogP contribution is 2.18. The summed E-state index contributed by atoms with van der Waals surface area (Å²) < 4.78 is 13.2. The zero-order chi connectivity index (χ0) is 10.6. The summed E-state index contributed by atoms with van der Waals surface area (Å²) in [7, 11) is 0. The number of nitrogens with one attached hydrogen (secondary N) is 1. The van der Waals surface area contributed by atoms with E-state index in [-0.39, 0.29) is 18.0 Å². The van der Waals surface area contributed by atoms with E-state index in [4.69, 9.17) is 0 Å². The van der Waals surface area contributed by atoms with Gasteiger partial charge in [-0.3, -0.25) is 4.79 Å². The maximum Gasteiger partial charge on any atom is 0.225 e. The fraction of sp³-hybridized carbons (Fsp3) is 0.300. The number of anilines is 1. The van der Waals surface area contributed by atoms with Crippen molar-refractivity contribution < 1.29 is 9.18 Å². The molecule has 0 spiro atoms. The minimum Gasteiger partial charge on any atom is -0.323 e. The minimum absolute atomic E-state index is 0.215. The molecule has 0 atom stereocenters. The number of para-hydroxylation sites is 1. The van der Waals surface area contributed by atoms with Crippen LogP contribution in [-0.2, 0) is 4.79 Å². The molecule has 0 bridgehead atoms. The van der Waals surface area contributed by atoms with Gasteiger partial charge in [0.05, 0.1) is 5.69 Å². The monoisotopic (exact) mass is 213 g/mol. The quantitative estimate of drug-likeness (QED) is 0.742. The van der Waals surface area contributed by atoms with Gasteiger partial charge in [-0.2, -0.15) is 12.6 Å². The molecule has 0 aliphatic carbocycles. The Hall–Kier alpha value is -1.03. The first-order chi connectivity index (χ1) is 6.65. The summed E-state index contributed by atoms with van der Waals surface area (Å²) in [5.41, 5.74) is 0.983. The molecule has 2 nitrogen and oxygen atoms in total. The minimum atomic E-state index is -0.405. The average Bonchev–Trinajstić information content (AvgIpc) is 2.12. The van der Waals surface area contributed by atoms with E-state index in [2.05, 4.69) is 17.9 Å². The second kappa shape index (κ2) is 5.00. The van der Waals surface area contributed by atoms with Gasteiger partial charge in [-0.15, -0.1) is 0 Å². The summed E-state index contributed by atoms with van der Waals surface area (Å²) in [6, 6.07) is 4.68. The van der Waals surface area contributed by atoms with Crippen molar-refractivity contribution in [3.8, 4) is 0 Å². The van der Waals surface area contributed by atoms with Gasteiger partial charge in [0.2, 0.25) is 5.91 Å². The predicted molar refractivity (Wildman–Crippen MR) is 58.2 cm³/mol. The van der Waals surface area contributed by atoms with Crippen molar-refractivity contribution >= 4 is 24.2 Å². The van der Waals surface area contributed by atoms with Crippen molar-refractivity contribution in [2.75, 3.05) is 11.1 Å². The molecular formula is C10H12FNOS. The summed E-state index contributed by atoms with van der Waals surface area (Å²) in [5, 5.41) is 2.52. The molecule has 0 fully saturated rings. The van der Waals surface area contributed by atoms with Crippen molar-refractivity contribution in [3.05, 3.63) is 29.6 Å². The van der Waals surface area contributed by atoms with Crippen molar-refractivity contribution in [2.45, 2.75) is 13.3 Å². The lowest BCUT2D eigenvalue weighted by molar-refractivity contribution is -0.115. The van der Waals surface area contributed by atoms with Gasteiger partial charge in [-0.05, 0) is 24.3 Å². The number of benzene rings is 1. The van der Waals surface area contributed by atoms with Crippen LogP contribution in [-0.4, -0.2) is 11.7 Å². The Morgan fingerprint density at radius 3 is 2.86 bits per heavy atom. The summed E-state index contributed by atoms with van der Waals surface area (Å²) >= 11 is 3.92. The fourth-order valence-electron chi connectivity index (χ4n) is 1.09. The normalized spacial score (nSPS) is 9.93. The zero-order valence-electron chi connectivity index (χ0n) is 7.88. The summed E-state index contributed by atoms with van der Waals surface area (Å²) in [4.78, 5) is 11.2. The van der Waals surface area contributed by atoms with Crippen LogP contribution >= 0.6 is 12.6 Å². The van der Waals surface area contributed by atoms with Crippen LogP contribution < -0.4 is 5.32 Å². The van der Waals surface area contributed by atoms with E-state index in [1.165, 1.54) is 6.07 Å². The molecule has 14 heavy (non-hydrogen) atoms. The number of carbonyl (C=O) groups excluding carboxylic acids is 1. The summed E-state index contributed by atoms with van der Waals surface area (Å²) in [6.07, 6.45) is 0.289. The van der Waals surface area contributed by atoms with Crippen LogP contribution in [0.4, 0.5) is 10.1 Å². The van der Waals surface area contributed by atoms with Crippen molar-refractivity contribution in [2.24, 2.45) is 0 Å². The highest BCUT2D eigenvalue weighted by atomic mass is 32.1. The van der Waals surface area contributed by atoms with Crippen LogP contribution in [0.25, 0.3) is 0 Å². The number of halogens is 1. The van der Waals surface area contributed by atoms with Gasteiger partial charge in [0, 0.05) is 6.42 Å². The Bertz CT molecular complexity index is 321. The van der Waals surface area contributed by atoms with Gasteiger partial charge in [-0.1, -0.05) is 12.1 Å². The van der Waals surface area contributed by atoms with Crippen molar-refractivity contribution in [3.63, 3.8) is 0 Å². The Kier molecular flexibility index (Phi) is 3.95. The average molecular weight is 213 g/mol. The largest absolute Gasteiger partial charge is 0.323 e. The molecule has 0 saturated heterocycles. The fourth-order valence-corrected chi connectivity index (χ4v) is 1.30. The molecule has 0 aromatic heterocycles. The number of rotatable bonds is 3. The lowest BCUT2D eigenvalue weighted by Crippen LogP contribution is -2.13. The molecular weight excluding hydrogens is 201 g/mol. The molecule has 1 N–H and O–H groups in total. The molecule has 0 aliphatic heterocycles. The molecule has 76 valence electrons. The summed E-state index contributed by atoms with van der Waals surface area (Å²) in [6.45, 7) is 1.75. The number of amides is 1. The van der Waals surface area contributed by atoms with Crippen LogP contribution in [0.15, 0.2) is 18.2 Å². The Morgan fingerprint density at radius 1 is 1.57 bits per heavy atom. The Balaban J connectivity index is 2.80. The first-order valence-electron chi connectivity index (χ1n) is 4.31. The number of aryl methyl sites for hydroxylation is 1. The number of hydrogen-bond donors (Lipinski definition) is 2. The second-order valence-electron chi connectivity index (χ2n) is 2.95. The van der Waals surface area contributed by atoms with Crippen LogP contribution in [0.5, 0.6) is 0 Å². The van der Waals surface area contributed by atoms with E-state index in [9.17, 15) is 9.18 Å². The standard InChI is InChI=1S/C10H12FNOS/c1-7-3-2-4-8(11)10(7)12-9(13)5-6-14/h2-4,14H,5-6H2,1H3,(H,12,13). The van der Waals surface area contributed by atoms with Gasteiger partial charge in [0.25, 0.3) is 0 Å². The first-order valence-corrected chi connectivity index (χ1v) is 4.94. The van der Waals surface area contributed by atoms with Gasteiger partial charge in [-0.25, -0.2) is 4.39 Å². The van der Waals surface area contributed by atoms with E-state index in [0.29, 0.717) is 5.75 Å². The van der Waals surface area contributed by atoms with Gasteiger partial charge < -0.3 is 5.32 Å². The van der Waals surface area contributed by atoms with Gasteiger partial charge in [0.15, 0.2) is 0 Å². The molecule has 1 amide bonds. The molecule has 0 unspecified atom stereocenters. The molecule has 1 aromatic rings. The van der Waals surface area contributed by atoms with Crippen LogP contribution in [0.3, 0.4) is 0 Å². The highest BCUT2D eigenvalue weighted by molar-refractivity contribution is 7.80. The molecule has 0 saturated carbocycles. The number of hydrogen-bond acceptors (Lipinski definition) is 2. The molecule has 1 aromatic carbocycles. The lowest BCUT2D eigenvalue weighted by Gasteiger charge is -2.08. The zero-order valence-corrected chi connectivity index (χ0v) is 8.77.